The number of anilines is 1. The number of nitrogens with zero attached hydrogens (tertiary/aromatic N) is 2. The maximum Gasteiger partial charge on any atom is 0.328 e. The first-order valence-electron chi connectivity index (χ1n) is 7.01. The van der Waals surface area contributed by atoms with E-state index in [0.29, 0.717) is 0 Å². The molecule has 1 aromatic carbocycles. The molecule has 3 rings (SSSR count). The van der Waals surface area contributed by atoms with Crippen LogP contribution in [-0.2, 0) is 9.53 Å². The zero-order chi connectivity index (χ0) is 14.8. The zero-order valence-electron chi connectivity index (χ0n) is 12.2. The minimum absolute atomic E-state index is 0.180. The number of carbonyl (C=O) groups is 1. The number of esters is 1. The Balaban J connectivity index is 2.10. The Morgan fingerprint density at radius 1 is 1.29 bits per heavy atom. The molecular formula is C16H18N2O3. The number of ether oxygens (including phenoxy) is 2. The maximum atomic E-state index is 12.0. The number of carbonyl (C=O) groups excluding carboxylic acids is 1. The van der Waals surface area contributed by atoms with Gasteiger partial charge < -0.3 is 14.4 Å². The lowest BCUT2D eigenvalue weighted by Gasteiger charge is -2.26. The second-order valence-corrected chi connectivity index (χ2v) is 5.08. The van der Waals surface area contributed by atoms with Gasteiger partial charge in [0.2, 0.25) is 0 Å². The number of pyridine rings is 1. The summed E-state index contributed by atoms with van der Waals surface area (Å²) in [7, 11) is 3.09. The van der Waals surface area contributed by atoms with E-state index >= 15 is 0 Å². The fraction of sp³-hybridized carbons (Fsp3) is 0.375. The van der Waals surface area contributed by atoms with Crippen molar-refractivity contribution >= 4 is 22.4 Å². The molecule has 21 heavy (non-hydrogen) atoms. The van der Waals surface area contributed by atoms with E-state index in [0.717, 1.165) is 41.6 Å². The molecule has 2 aromatic rings. The summed E-state index contributed by atoms with van der Waals surface area (Å²) >= 11 is 0. The van der Waals surface area contributed by atoms with Crippen LogP contribution < -0.4 is 9.64 Å². The molecule has 1 atom stereocenters. The van der Waals surface area contributed by atoms with Gasteiger partial charge in [0.15, 0.2) is 0 Å². The first-order valence-corrected chi connectivity index (χ1v) is 7.01. The van der Waals surface area contributed by atoms with Gasteiger partial charge in [0.25, 0.3) is 0 Å². The standard InChI is InChI=1S/C16H18N2O3/c1-20-15-6-5-13(12-10-17-8-7-11(12)15)18-9-3-4-14(18)16(19)21-2/h5-8,10,14H,3-4,9H2,1-2H3. The predicted molar refractivity (Wildman–Crippen MR) is 80.7 cm³/mol. The van der Waals surface area contributed by atoms with E-state index in [-0.39, 0.29) is 12.0 Å². The van der Waals surface area contributed by atoms with Crippen molar-refractivity contribution < 1.29 is 14.3 Å². The van der Waals surface area contributed by atoms with Crippen molar-refractivity contribution in [3.63, 3.8) is 0 Å². The Bertz CT molecular complexity index is 672. The Kier molecular flexibility index (Phi) is 3.64. The molecule has 0 N–H and O–H groups in total. The molecule has 0 saturated carbocycles. The average molecular weight is 286 g/mol. The van der Waals surface area contributed by atoms with Crippen molar-refractivity contribution in [1.82, 2.24) is 4.98 Å². The highest BCUT2D eigenvalue weighted by molar-refractivity contribution is 5.99. The fourth-order valence-corrected chi connectivity index (χ4v) is 3.01. The number of rotatable bonds is 3. The van der Waals surface area contributed by atoms with E-state index in [9.17, 15) is 4.79 Å². The molecule has 110 valence electrons. The number of methoxy groups -OCH3 is 2. The van der Waals surface area contributed by atoms with E-state index < -0.39 is 0 Å². The predicted octanol–water partition coefficient (Wildman–Crippen LogP) is 2.39. The van der Waals surface area contributed by atoms with Gasteiger partial charge in [-0.1, -0.05) is 0 Å². The molecule has 1 saturated heterocycles. The fourth-order valence-electron chi connectivity index (χ4n) is 3.01. The van der Waals surface area contributed by atoms with Gasteiger partial charge in [0.1, 0.15) is 11.8 Å². The van der Waals surface area contributed by atoms with Crippen LogP contribution in [0.25, 0.3) is 10.8 Å². The number of fused-ring (bicyclic) bond motifs is 1. The van der Waals surface area contributed by atoms with Crippen molar-refractivity contribution in [2.45, 2.75) is 18.9 Å². The molecule has 2 heterocycles. The summed E-state index contributed by atoms with van der Waals surface area (Å²) in [5.74, 6) is 0.630. The third-order valence-electron chi connectivity index (χ3n) is 4.01. The highest BCUT2D eigenvalue weighted by atomic mass is 16.5. The Morgan fingerprint density at radius 2 is 2.14 bits per heavy atom. The van der Waals surface area contributed by atoms with Gasteiger partial charge in [-0.2, -0.15) is 0 Å². The Labute approximate surface area is 123 Å². The molecule has 1 aromatic heterocycles. The van der Waals surface area contributed by atoms with Crippen molar-refractivity contribution in [2.75, 3.05) is 25.7 Å². The van der Waals surface area contributed by atoms with Crippen LogP contribution in [0.2, 0.25) is 0 Å². The number of hydrogen-bond donors (Lipinski definition) is 0. The second-order valence-electron chi connectivity index (χ2n) is 5.08. The molecule has 1 fully saturated rings. The number of benzene rings is 1. The minimum atomic E-state index is -0.216. The van der Waals surface area contributed by atoms with Gasteiger partial charge in [0, 0.05) is 35.4 Å². The van der Waals surface area contributed by atoms with Crippen LogP contribution in [0.4, 0.5) is 5.69 Å². The van der Waals surface area contributed by atoms with Gasteiger partial charge in [-0.05, 0) is 31.0 Å². The largest absolute Gasteiger partial charge is 0.496 e. The summed E-state index contributed by atoms with van der Waals surface area (Å²) in [6, 6.07) is 5.64. The first-order chi connectivity index (χ1) is 10.3. The molecule has 0 bridgehead atoms. The van der Waals surface area contributed by atoms with Gasteiger partial charge >= 0.3 is 5.97 Å². The molecule has 0 aliphatic carbocycles. The van der Waals surface area contributed by atoms with E-state index in [2.05, 4.69) is 9.88 Å². The number of aromatic nitrogens is 1. The third kappa shape index (κ3) is 2.28. The summed E-state index contributed by atoms with van der Waals surface area (Å²) in [5, 5.41) is 1.99. The highest BCUT2D eigenvalue weighted by Gasteiger charge is 2.32. The summed E-state index contributed by atoms with van der Waals surface area (Å²) < 4.78 is 10.3. The van der Waals surface area contributed by atoms with Crippen molar-refractivity contribution in [2.24, 2.45) is 0 Å². The molecule has 1 aliphatic rings. The Hall–Kier alpha value is -2.30. The molecule has 1 unspecified atom stereocenters. The normalized spacial score (nSPS) is 18.0. The van der Waals surface area contributed by atoms with Gasteiger partial charge in [-0.15, -0.1) is 0 Å². The maximum absolute atomic E-state index is 12.0. The zero-order valence-corrected chi connectivity index (χ0v) is 12.2. The molecule has 0 amide bonds. The summed E-state index contributed by atoms with van der Waals surface area (Å²) in [4.78, 5) is 18.3. The van der Waals surface area contributed by atoms with Gasteiger partial charge in [-0.25, -0.2) is 4.79 Å². The van der Waals surface area contributed by atoms with E-state index in [1.54, 1.807) is 13.3 Å². The quantitative estimate of drug-likeness (QED) is 0.811. The average Bonchev–Trinajstić information content (AvgIpc) is 3.02. The smallest absolute Gasteiger partial charge is 0.328 e. The molecule has 1 aliphatic heterocycles. The molecule has 5 nitrogen and oxygen atoms in total. The van der Waals surface area contributed by atoms with Crippen LogP contribution in [0.5, 0.6) is 5.75 Å². The molecule has 0 radical (unpaired) electrons. The number of hydrogen-bond acceptors (Lipinski definition) is 5. The van der Waals surface area contributed by atoms with Gasteiger partial charge in [-0.3, -0.25) is 4.98 Å². The highest BCUT2D eigenvalue weighted by Crippen LogP contribution is 2.36. The molecule has 5 heteroatoms. The van der Waals surface area contributed by atoms with E-state index in [1.165, 1.54) is 7.11 Å². The lowest BCUT2D eigenvalue weighted by Crippen LogP contribution is -2.36. The monoisotopic (exact) mass is 286 g/mol. The van der Waals surface area contributed by atoms with Crippen LogP contribution >= 0.6 is 0 Å². The lowest BCUT2D eigenvalue weighted by molar-refractivity contribution is -0.141. The van der Waals surface area contributed by atoms with Crippen LogP contribution in [-0.4, -0.2) is 37.8 Å². The summed E-state index contributed by atoms with van der Waals surface area (Å²) in [6.45, 7) is 0.843. The topological polar surface area (TPSA) is 51.7 Å². The SMILES string of the molecule is COC(=O)C1CCCN1c1ccc(OC)c2ccncc12. The van der Waals surface area contributed by atoms with Crippen LogP contribution in [0.1, 0.15) is 12.8 Å². The third-order valence-corrected chi connectivity index (χ3v) is 4.01. The summed E-state index contributed by atoms with van der Waals surface area (Å²) in [5.41, 5.74) is 1.01. The first kappa shape index (κ1) is 13.7. The van der Waals surface area contributed by atoms with Crippen LogP contribution in [0.3, 0.4) is 0 Å². The minimum Gasteiger partial charge on any atom is -0.496 e. The van der Waals surface area contributed by atoms with Crippen molar-refractivity contribution in [1.29, 1.82) is 0 Å². The second kappa shape index (κ2) is 5.60. The van der Waals surface area contributed by atoms with Crippen molar-refractivity contribution in [3.8, 4) is 5.75 Å². The van der Waals surface area contributed by atoms with Crippen molar-refractivity contribution in [3.05, 3.63) is 30.6 Å². The van der Waals surface area contributed by atoms with E-state index in [1.807, 2.05) is 24.4 Å². The van der Waals surface area contributed by atoms with Crippen LogP contribution in [0, 0.1) is 0 Å². The molecular weight excluding hydrogens is 268 g/mol. The Morgan fingerprint density at radius 3 is 2.90 bits per heavy atom. The van der Waals surface area contributed by atoms with E-state index in [4.69, 9.17) is 9.47 Å². The lowest BCUT2D eigenvalue weighted by atomic mass is 10.1. The van der Waals surface area contributed by atoms with Gasteiger partial charge in [0.05, 0.1) is 14.2 Å². The molecule has 0 spiro atoms. The summed E-state index contributed by atoms with van der Waals surface area (Å²) in [6.07, 6.45) is 5.37. The van der Waals surface area contributed by atoms with Crippen LogP contribution in [0.15, 0.2) is 30.6 Å².